The summed E-state index contributed by atoms with van der Waals surface area (Å²) in [7, 11) is 0. The van der Waals surface area contributed by atoms with E-state index in [2.05, 4.69) is 5.32 Å². The van der Waals surface area contributed by atoms with E-state index in [0.29, 0.717) is 0 Å². The minimum Gasteiger partial charge on any atom is -0.394 e. The molecule has 0 aliphatic carbocycles. The molecule has 0 saturated carbocycles. The molecule has 60 valence electrons. The van der Waals surface area contributed by atoms with Crippen molar-refractivity contribution < 1.29 is 10.2 Å². The van der Waals surface area contributed by atoms with Crippen molar-refractivity contribution in [2.75, 3.05) is 6.61 Å². The van der Waals surface area contributed by atoms with Gasteiger partial charge < -0.3 is 21.3 Å². The van der Waals surface area contributed by atoms with Gasteiger partial charge in [-0.05, 0) is 6.92 Å². The van der Waals surface area contributed by atoms with Crippen molar-refractivity contribution in [3.05, 3.63) is 0 Å². The van der Waals surface area contributed by atoms with Gasteiger partial charge >= 0.3 is 0 Å². The molecule has 2 atom stereocenters. The maximum absolute atomic E-state index is 8.91. The number of guanidine groups is 1. The van der Waals surface area contributed by atoms with Crippen molar-refractivity contribution in [3.8, 4) is 0 Å². The number of hydrogen-bond acceptors (Lipinski definition) is 3. The quantitative estimate of drug-likeness (QED) is 0.240. The average molecular weight is 147 g/mol. The lowest BCUT2D eigenvalue weighted by Crippen LogP contribution is -2.45. The molecule has 0 aromatic heterocycles. The van der Waals surface area contributed by atoms with Gasteiger partial charge in [0.15, 0.2) is 5.96 Å². The first-order valence-corrected chi connectivity index (χ1v) is 2.97. The predicted molar refractivity (Wildman–Crippen MR) is 37.6 cm³/mol. The Kier molecular flexibility index (Phi) is 3.75. The van der Waals surface area contributed by atoms with Crippen LogP contribution >= 0.6 is 0 Å². The van der Waals surface area contributed by atoms with E-state index in [9.17, 15) is 0 Å². The topological polar surface area (TPSA) is 102 Å². The van der Waals surface area contributed by atoms with Crippen LogP contribution in [-0.4, -0.2) is 34.9 Å². The van der Waals surface area contributed by atoms with Crippen LogP contribution in [0.2, 0.25) is 0 Å². The molecule has 0 aliphatic heterocycles. The highest BCUT2D eigenvalue weighted by molar-refractivity contribution is 5.74. The van der Waals surface area contributed by atoms with Crippen LogP contribution in [0.3, 0.4) is 0 Å². The molecule has 0 aromatic carbocycles. The van der Waals surface area contributed by atoms with Gasteiger partial charge in [-0.2, -0.15) is 0 Å². The molecule has 5 heteroatoms. The number of nitrogens with two attached hydrogens (primary N) is 1. The van der Waals surface area contributed by atoms with Gasteiger partial charge in [0.2, 0.25) is 0 Å². The van der Waals surface area contributed by atoms with Gasteiger partial charge in [-0.15, -0.1) is 0 Å². The van der Waals surface area contributed by atoms with Gasteiger partial charge in [0.05, 0.1) is 18.8 Å². The van der Waals surface area contributed by atoms with Gasteiger partial charge in [0, 0.05) is 0 Å². The molecule has 2 unspecified atom stereocenters. The summed E-state index contributed by atoms with van der Waals surface area (Å²) < 4.78 is 0. The van der Waals surface area contributed by atoms with Crippen molar-refractivity contribution in [2.24, 2.45) is 5.73 Å². The number of aliphatic hydroxyl groups is 2. The molecule has 0 aliphatic rings. The molecule has 0 saturated heterocycles. The van der Waals surface area contributed by atoms with Gasteiger partial charge in [-0.1, -0.05) is 0 Å². The lowest BCUT2D eigenvalue weighted by Gasteiger charge is -2.17. The third-order valence-corrected chi connectivity index (χ3v) is 1.15. The molecule has 6 N–H and O–H groups in total. The Morgan fingerprint density at radius 1 is 1.80 bits per heavy atom. The minimum absolute atomic E-state index is 0.208. The second-order valence-corrected chi connectivity index (χ2v) is 2.10. The fourth-order valence-corrected chi connectivity index (χ4v) is 0.500. The smallest absolute Gasteiger partial charge is 0.186 e. The second-order valence-electron chi connectivity index (χ2n) is 2.10. The molecule has 0 amide bonds. The van der Waals surface area contributed by atoms with E-state index in [1.165, 1.54) is 0 Å². The monoisotopic (exact) mass is 147 g/mol. The van der Waals surface area contributed by atoms with Crippen LogP contribution in [0.25, 0.3) is 0 Å². The lowest BCUT2D eigenvalue weighted by atomic mass is 10.2. The van der Waals surface area contributed by atoms with Crippen molar-refractivity contribution in [2.45, 2.75) is 19.1 Å². The van der Waals surface area contributed by atoms with E-state index in [0.717, 1.165) is 0 Å². The summed E-state index contributed by atoms with van der Waals surface area (Å²) in [6.45, 7) is 1.30. The van der Waals surface area contributed by atoms with E-state index in [1.54, 1.807) is 6.92 Å². The second kappa shape index (κ2) is 4.08. The summed E-state index contributed by atoms with van der Waals surface area (Å²) in [5.41, 5.74) is 4.97. The Bertz CT molecular complexity index is 117. The summed E-state index contributed by atoms with van der Waals surface area (Å²) in [4.78, 5) is 0. The molecule has 5 nitrogen and oxygen atoms in total. The Hall–Kier alpha value is -0.810. The van der Waals surface area contributed by atoms with Crippen LogP contribution in [0.1, 0.15) is 6.92 Å². The molecule has 0 spiro atoms. The van der Waals surface area contributed by atoms with Crippen molar-refractivity contribution in [1.82, 2.24) is 5.32 Å². The zero-order valence-electron chi connectivity index (χ0n) is 5.83. The van der Waals surface area contributed by atoms with Crippen LogP contribution in [0.15, 0.2) is 0 Å². The molecule has 0 rings (SSSR count). The van der Waals surface area contributed by atoms with E-state index in [1.807, 2.05) is 0 Å². The molecule has 0 heterocycles. The first kappa shape index (κ1) is 9.19. The number of hydrogen-bond donors (Lipinski definition) is 5. The number of nitrogens with one attached hydrogen (secondary N) is 2. The Morgan fingerprint density at radius 3 is 2.60 bits per heavy atom. The van der Waals surface area contributed by atoms with Crippen molar-refractivity contribution >= 4 is 5.96 Å². The standard InChI is InChI=1S/C5H13N3O2/c1-3(4(10)2-9)8-5(6)7/h3-4,9-10H,2H2,1H3,(H4,6,7,8). The molecule has 10 heavy (non-hydrogen) atoms. The van der Waals surface area contributed by atoms with Gasteiger partial charge in [-0.3, -0.25) is 5.41 Å². The van der Waals surface area contributed by atoms with E-state index >= 15 is 0 Å². The fraction of sp³-hybridized carbons (Fsp3) is 0.800. The third-order valence-electron chi connectivity index (χ3n) is 1.15. The fourth-order valence-electron chi connectivity index (χ4n) is 0.500. The zero-order chi connectivity index (χ0) is 8.15. The number of rotatable bonds is 3. The Balaban J connectivity index is 3.61. The lowest BCUT2D eigenvalue weighted by molar-refractivity contribution is 0.0734. The van der Waals surface area contributed by atoms with Crippen LogP contribution < -0.4 is 11.1 Å². The minimum atomic E-state index is -0.871. The largest absolute Gasteiger partial charge is 0.394 e. The average Bonchev–Trinajstić information content (AvgIpc) is 1.85. The van der Waals surface area contributed by atoms with E-state index in [4.69, 9.17) is 21.4 Å². The summed E-state index contributed by atoms with van der Waals surface area (Å²) in [6, 6.07) is -0.387. The molecule has 0 aromatic rings. The maximum Gasteiger partial charge on any atom is 0.186 e. The van der Waals surface area contributed by atoms with E-state index in [-0.39, 0.29) is 18.6 Å². The molecular formula is C5H13N3O2. The SMILES string of the molecule is CC(NC(=N)N)C(O)CO. The van der Waals surface area contributed by atoms with E-state index < -0.39 is 6.10 Å². The van der Waals surface area contributed by atoms with Crippen molar-refractivity contribution in [1.29, 1.82) is 5.41 Å². The zero-order valence-corrected chi connectivity index (χ0v) is 5.83. The Labute approximate surface area is 59.4 Å². The van der Waals surface area contributed by atoms with Crippen molar-refractivity contribution in [3.63, 3.8) is 0 Å². The first-order chi connectivity index (χ1) is 4.57. The highest BCUT2D eigenvalue weighted by atomic mass is 16.3. The highest BCUT2D eigenvalue weighted by Crippen LogP contribution is 1.88. The molecule has 0 fully saturated rings. The summed E-state index contributed by atoms with van der Waals surface area (Å²) >= 11 is 0. The normalized spacial score (nSPS) is 15.9. The third kappa shape index (κ3) is 3.26. The maximum atomic E-state index is 8.91. The highest BCUT2D eigenvalue weighted by Gasteiger charge is 2.11. The van der Waals surface area contributed by atoms with Crippen LogP contribution in [-0.2, 0) is 0 Å². The molecular weight excluding hydrogens is 134 g/mol. The molecule has 0 radical (unpaired) electrons. The van der Waals surface area contributed by atoms with Gasteiger partial charge in [0.25, 0.3) is 0 Å². The van der Waals surface area contributed by atoms with Gasteiger partial charge in [0.1, 0.15) is 0 Å². The van der Waals surface area contributed by atoms with Gasteiger partial charge in [-0.25, -0.2) is 0 Å². The Morgan fingerprint density at radius 2 is 2.30 bits per heavy atom. The summed E-state index contributed by atoms with van der Waals surface area (Å²) in [5.74, 6) is -0.208. The predicted octanol–water partition coefficient (Wildman–Crippen LogP) is -1.79. The summed E-state index contributed by atoms with van der Waals surface area (Å²) in [5, 5.41) is 26.5. The van der Waals surface area contributed by atoms with Crippen LogP contribution in [0.5, 0.6) is 0 Å². The number of aliphatic hydroxyl groups excluding tert-OH is 2. The van der Waals surface area contributed by atoms with Crippen LogP contribution in [0.4, 0.5) is 0 Å². The van der Waals surface area contributed by atoms with Crippen LogP contribution in [0, 0.1) is 5.41 Å². The summed E-state index contributed by atoms with van der Waals surface area (Å²) in [6.07, 6.45) is -0.871. The first-order valence-electron chi connectivity index (χ1n) is 2.97. The molecule has 0 bridgehead atoms.